The van der Waals surface area contributed by atoms with E-state index in [2.05, 4.69) is 9.44 Å². The summed E-state index contributed by atoms with van der Waals surface area (Å²) in [6.45, 7) is 1.62. The molecule has 2 N–H and O–H groups in total. The molecule has 0 aromatic heterocycles. The van der Waals surface area contributed by atoms with Crippen molar-refractivity contribution in [2.45, 2.75) is 11.8 Å². The van der Waals surface area contributed by atoms with Gasteiger partial charge >= 0.3 is 0 Å². The van der Waals surface area contributed by atoms with Crippen molar-refractivity contribution >= 4 is 31.4 Å². The van der Waals surface area contributed by atoms with Crippen molar-refractivity contribution in [3.05, 3.63) is 53.8 Å². The lowest BCUT2D eigenvalue weighted by Crippen LogP contribution is -2.17. The number of benzene rings is 2. The first-order valence-corrected chi connectivity index (χ1v) is 9.82. The molecule has 0 saturated heterocycles. The quantitative estimate of drug-likeness (QED) is 0.858. The Morgan fingerprint density at radius 2 is 1.57 bits per heavy atom. The van der Waals surface area contributed by atoms with Gasteiger partial charge in [0.1, 0.15) is 5.82 Å². The molecule has 0 atom stereocenters. The van der Waals surface area contributed by atoms with Crippen LogP contribution in [-0.4, -0.2) is 23.1 Å². The molecular formula is C14H15FN2O4S2. The molecule has 6 nitrogen and oxygen atoms in total. The van der Waals surface area contributed by atoms with Crippen molar-refractivity contribution in [1.29, 1.82) is 0 Å². The van der Waals surface area contributed by atoms with E-state index < -0.39 is 25.9 Å². The normalized spacial score (nSPS) is 12.0. The summed E-state index contributed by atoms with van der Waals surface area (Å²) in [4.78, 5) is 0.0227. The zero-order chi connectivity index (χ0) is 17.3. The number of rotatable bonds is 5. The molecule has 0 spiro atoms. The van der Waals surface area contributed by atoms with Gasteiger partial charge in [-0.25, -0.2) is 21.2 Å². The molecule has 124 valence electrons. The molecule has 23 heavy (non-hydrogen) atoms. The molecule has 0 aliphatic carbocycles. The minimum Gasteiger partial charge on any atom is -0.282 e. The first kappa shape index (κ1) is 17.2. The average Bonchev–Trinajstić information content (AvgIpc) is 2.40. The van der Waals surface area contributed by atoms with E-state index in [1.165, 1.54) is 6.07 Å². The third-order valence-electron chi connectivity index (χ3n) is 2.90. The van der Waals surface area contributed by atoms with Crippen LogP contribution in [0.4, 0.5) is 15.8 Å². The fourth-order valence-corrected chi connectivity index (χ4v) is 3.84. The highest BCUT2D eigenvalue weighted by Gasteiger charge is 2.19. The predicted molar refractivity (Wildman–Crippen MR) is 86.9 cm³/mol. The van der Waals surface area contributed by atoms with Crippen LogP contribution in [0.15, 0.2) is 47.4 Å². The van der Waals surface area contributed by atoms with E-state index in [9.17, 15) is 21.2 Å². The number of halogens is 1. The number of aryl methyl sites for hydroxylation is 1. The van der Waals surface area contributed by atoms with Crippen LogP contribution < -0.4 is 9.44 Å². The van der Waals surface area contributed by atoms with Crippen molar-refractivity contribution in [3.8, 4) is 0 Å². The highest BCUT2D eigenvalue weighted by molar-refractivity contribution is 7.93. The van der Waals surface area contributed by atoms with Crippen LogP contribution in [0.3, 0.4) is 0 Å². The van der Waals surface area contributed by atoms with Crippen LogP contribution >= 0.6 is 0 Å². The lowest BCUT2D eigenvalue weighted by Gasteiger charge is -2.14. The van der Waals surface area contributed by atoms with Crippen LogP contribution in [0.5, 0.6) is 0 Å². The molecule has 0 heterocycles. The van der Waals surface area contributed by atoms with Gasteiger partial charge in [-0.3, -0.25) is 9.44 Å². The number of hydrogen-bond donors (Lipinski definition) is 2. The Bertz CT molecular complexity index is 941. The van der Waals surface area contributed by atoms with Gasteiger partial charge in [0.25, 0.3) is 10.0 Å². The van der Waals surface area contributed by atoms with Gasteiger partial charge < -0.3 is 0 Å². The van der Waals surface area contributed by atoms with E-state index in [0.717, 1.165) is 24.5 Å². The summed E-state index contributed by atoms with van der Waals surface area (Å²) in [5, 5.41) is 0. The maximum Gasteiger partial charge on any atom is 0.262 e. The number of hydrogen-bond acceptors (Lipinski definition) is 4. The van der Waals surface area contributed by atoms with E-state index in [-0.39, 0.29) is 16.3 Å². The maximum absolute atomic E-state index is 13.4. The van der Waals surface area contributed by atoms with Crippen molar-refractivity contribution in [2.75, 3.05) is 15.7 Å². The van der Waals surface area contributed by atoms with Gasteiger partial charge in [0.15, 0.2) is 0 Å². The summed E-state index contributed by atoms with van der Waals surface area (Å²) < 4.78 is 65.4. The molecule has 2 rings (SSSR count). The molecular weight excluding hydrogens is 343 g/mol. The van der Waals surface area contributed by atoms with E-state index in [0.29, 0.717) is 5.56 Å². The fourth-order valence-electron chi connectivity index (χ4n) is 1.95. The smallest absolute Gasteiger partial charge is 0.262 e. The molecule has 0 aliphatic heterocycles. The molecule has 0 bridgehead atoms. The molecule has 0 fully saturated rings. The maximum atomic E-state index is 13.4. The predicted octanol–water partition coefficient (Wildman–Crippen LogP) is 2.31. The average molecular weight is 358 g/mol. The number of sulfonamides is 2. The molecule has 9 heteroatoms. The van der Waals surface area contributed by atoms with E-state index in [1.807, 2.05) is 0 Å². The van der Waals surface area contributed by atoms with Crippen LogP contribution in [-0.2, 0) is 20.0 Å². The van der Waals surface area contributed by atoms with Crippen molar-refractivity contribution in [2.24, 2.45) is 0 Å². The summed E-state index contributed by atoms with van der Waals surface area (Å²) >= 11 is 0. The Labute approximate surface area is 134 Å². The molecule has 0 amide bonds. The van der Waals surface area contributed by atoms with Crippen molar-refractivity contribution in [3.63, 3.8) is 0 Å². The zero-order valence-electron chi connectivity index (χ0n) is 12.4. The second kappa shape index (κ2) is 6.17. The first-order valence-electron chi connectivity index (χ1n) is 6.44. The zero-order valence-corrected chi connectivity index (χ0v) is 14.0. The second-order valence-electron chi connectivity index (χ2n) is 4.94. The van der Waals surface area contributed by atoms with Crippen LogP contribution in [0.1, 0.15) is 5.56 Å². The monoisotopic (exact) mass is 358 g/mol. The van der Waals surface area contributed by atoms with E-state index >= 15 is 0 Å². The van der Waals surface area contributed by atoms with E-state index in [4.69, 9.17) is 0 Å². The Morgan fingerprint density at radius 1 is 0.913 bits per heavy atom. The molecule has 2 aromatic rings. The van der Waals surface area contributed by atoms with Crippen molar-refractivity contribution in [1.82, 2.24) is 0 Å². The Hall–Kier alpha value is -2.13. The van der Waals surface area contributed by atoms with E-state index in [1.54, 1.807) is 25.1 Å². The summed E-state index contributed by atoms with van der Waals surface area (Å²) in [5.41, 5.74) is 0.249. The number of nitrogens with one attached hydrogen (secondary N) is 2. The SMILES string of the molecule is Cc1ccccc1S(=O)(=O)Nc1cc(F)ccc1NS(C)(=O)=O. The Balaban J connectivity index is 2.47. The van der Waals surface area contributed by atoms with Gasteiger partial charge in [-0.15, -0.1) is 0 Å². The van der Waals surface area contributed by atoms with Gasteiger partial charge in [-0.2, -0.15) is 0 Å². The summed E-state index contributed by atoms with van der Waals surface area (Å²) in [6.07, 6.45) is 0.913. The minimum absolute atomic E-state index is 0.0227. The highest BCUT2D eigenvalue weighted by atomic mass is 32.2. The molecule has 0 aliphatic rings. The minimum atomic E-state index is -3.99. The van der Waals surface area contributed by atoms with Crippen LogP contribution in [0, 0.1) is 12.7 Å². The summed E-state index contributed by atoms with van der Waals surface area (Å²) in [5.74, 6) is -0.702. The molecule has 0 radical (unpaired) electrons. The third kappa shape index (κ3) is 4.42. The second-order valence-corrected chi connectivity index (χ2v) is 8.33. The van der Waals surface area contributed by atoms with Gasteiger partial charge in [0, 0.05) is 6.07 Å². The largest absolute Gasteiger partial charge is 0.282 e. The van der Waals surface area contributed by atoms with Crippen LogP contribution in [0.2, 0.25) is 0 Å². The Kier molecular flexibility index (Phi) is 4.62. The fraction of sp³-hybridized carbons (Fsp3) is 0.143. The molecule has 2 aromatic carbocycles. The first-order chi connectivity index (χ1) is 10.6. The summed E-state index contributed by atoms with van der Waals surface area (Å²) in [7, 11) is -7.64. The summed E-state index contributed by atoms with van der Waals surface area (Å²) in [6, 6.07) is 9.35. The van der Waals surface area contributed by atoms with Crippen molar-refractivity contribution < 1.29 is 21.2 Å². The highest BCUT2D eigenvalue weighted by Crippen LogP contribution is 2.27. The standard InChI is InChI=1S/C14H15FN2O4S2/c1-10-5-3-4-6-14(10)23(20,21)17-13-9-11(15)7-8-12(13)16-22(2,18)19/h3-9,16-17H,1-2H3. The molecule has 0 saturated carbocycles. The third-order valence-corrected chi connectivity index (χ3v) is 5.02. The van der Waals surface area contributed by atoms with Gasteiger partial charge in [0.05, 0.1) is 22.5 Å². The van der Waals surface area contributed by atoms with Gasteiger partial charge in [0.2, 0.25) is 10.0 Å². The van der Waals surface area contributed by atoms with Crippen LogP contribution in [0.25, 0.3) is 0 Å². The topological polar surface area (TPSA) is 92.3 Å². The Morgan fingerprint density at radius 3 is 2.17 bits per heavy atom. The molecule has 0 unspecified atom stereocenters. The lowest BCUT2D eigenvalue weighted by molar-refractivity contribution is 0.599. The number of anilines is 2. The van der Waals surface area contributed by atoms with Gasteiger partial charge in [-0.05, 0) is 30.7 Å². The lowest BCUT2D eigenvalue weighted by atomic mass is 10.2. The van der Waals surface area contributed by atoms with Gasteiger partial charge in [-0.1, -0.05) is 18.2 Å².